The Bertz CT molecular complexity index is 970. The van der Waals surface area contributed by atoms with E-state index < -0.39 is 12.0 Å². The first-order valence-electron chi connectivity index (χ1n) is 12.5. The Hall–Kier alpha value is -2.78. The van der Waals surface area contributed by atoms with Crippen LogP contribution in [0.2, 0.25) is 0 Å². The van der Waals surface area contributed by atoms with E-state index in [1.807, 2.05) is 65.7 Å². The van der Waals surface area contributed by atoms with E-state index in [1.165, 1.54) is 14.2 Å². The standard InChI is InChI=1S/C28H35NO7/c1-32-26(30)16-15-24-27(28(31)33-2)23-14-13-22(29(23)36-24)25(35-18-21-11-7-4-8-12-21)19-34-17-20-9-5-3-6-10-20/h3-12,22-25,27H,13-19H2,1-2H3/t22-,23-,24-,25+,27+/m0/s1. The fraction of sp³-hybridized carbons (Fsp3) is 0.500. The molecule has 0 N–H and O–H groups in total. The minimum atomic E-state index is -0.468. The Labute approximate surface area is 212 Å². The molecule has 5 atom stereocenters. The molecule has 2 heterocycles. The van der Waals surface area contributed by atoms with E-state index in [1.54, 1.807) is 0 Å². The van der Waals surface area contributed by atoms with Crippen LogP contribution in [0, 0.1) is 5.92 Å². The first-order valence-corrected chi connectivity index (χ1v) is 12.5. The van der Waals surface area contributed by atoms with Gasteiger partial charge in [-0.2, -0.15) is 5.06 Å². The topological polar surface area (TPSA) is 83.5 Å². The van der Waals surface area contributed by atoms with Crippen molar-refractivity contribution < 1.29 is 33.4 Å². The fourth-order valence-electron chi connectivity index (χ4n) is 5.11. The Kier molecular flexibility index (Phi) is 9.47. The molecule has 194 valence electrons. The van der Waals surface area contributed by atoms with Crippen LogP contribution in [0.25, 0.3) is 0 Å². The van der Waals surface area contributed by atoms with Crippen LogP contribution in [0.4, 0.5) is 0 Å². The predicted octanol–water partition coefficient (Wildman–Crippen LogP) is 3.68. The maximum absolute atomic E-state index is 12.7. The second kappa shape index (κ2) is 13.0. The van der Waals surface area contributed by atoms with Gasteiger partial charge in [0.15, 0.2) is 0 Å². The molecule has 2 aliphatic heterocycles. The SMILES string of the molecule is COC(=O)CC[C@@H]1ON2[C@@H](CC[C@H]2[C@@H](COCc2ccccc2)OCc2ccccc2)[C@H]1C(=O)OC. The van der Waals surface area contributed by atoms with Gasteiger partial charge in [-0.05, 0) is 30.4 Å². The van der Waals surface area contributed by atoms with Crippen LogP contribution in [0.1, 0.15) is 36.8 Å². The summed E-state index contributed by atoms with van der Waals surface area (Å²) in [4.78, 5) is 30.8. The molecule has 2 fully saturated rings. The molecule has 0 unspecified atom stereocenters. The average Bonchev–Trinajstić information content (AvgIpc) is 3.49. The van der Waals surface area contributed by atoms with Crippen molar-refractivity contribution in [3.8, 4) is 0 Å². The highest BCUT2D eigenvalue weighted by molar-refractivity contribution is 5.74. The van der Waals surface area contributed by atoms with Crippen LogP contribution in [0.5, 0.6) is 0 Å². The molecular formula is C28H35NO7. The van der Waals surface area contributed by atoms with Gasteiger partial charge in [0.25, 0.3) is 0 Å². The summed E-state index contributed by atoms with van der Waals surface area (Å²) in [6.07, 6.45) is 1.40. The van der Waals surface area contributed by atoms with E-state index in [9.17, 15) is 9.59 Å². The first-order chi connectivity index (χ1) is 17.6. The number of carbonyl (C=O) groups is 2. The van der Waals surface area contributed by atoms with Gasteiger partial charge in [0, 0.05) is 6.42 Å². The molecule has 0 radical (unpaired) electrons. The number of benzene rings is 2. The Morgan fingerprint density at radius 2 is 1.61 bits per heavy atom. The van der Waals surface area contributed by atoms with Gasteiger partial charge >= 0.3 is 11.9 Å². The summed E-state index contributed by atoms with van der Waals surface area (Å²) in [5, 5.41) is 1.91. The van der Waals surface area contributed by atoms with E-state index in [4.69, 9.17) is 23.8 Å². The van der Waals surface area contributed by atoms with Crippen LogP contribution in [-0.2, 0) is 46.6 Å². The van der Waals surface area contributed by atoms with Gasteiger partial charge in [-0.3, -0.25) is 14.4 Å². The fourth-order valence-corrected chi connectivity index (χ4v) is 5.11. The summed E-state index contributed by atoms with van der Waals surface area (Å²) in [7, 11) is 2.74. The normalized spacial score (nSPS) is 24.3. The maximum atomic E-state index is 12.7. The van der Waals surface area contributed by atoms with Crippen molar-refractivity contribution >= 4 is 11.9 Å². The molecule has 0 spiro atoms. The molecular weight excluding hydrogens is 462 g/mol. The third-order valence-electron chi connectivity index (χ3n) is 6.95. The molecule has 2 saturated heterocycles. The van der Waals surface area contributed by atoms with E-state index in [0.29, 0.717) is 26.2 Å². The van der Waals surface area contributed by atoms with Crippen LogP contribution in [-0.4, -0.2) is 62.1 Å². The summed E-state index contributed by atoms with van der Waals surface area (Å²) < 4.78 is 22.4. The van der Waals surface area contributed by atoms with Crippen molar-refractivity contribution in [2.75, 3.05) is 20.8 Å². The van der Waals surface area contributed by atoms with Crippen LogP contribution in [0.15, 0.2) is 60.7 Å². The number of fused-ring (bicyclic) bond motifs is 1. The van der Waals surface area contributed by atoms with Crippen molar-refractivity contribution in [3.05, 3.63) is 71.8 Å². The molecule has 8 heteroatoms. The van der Waals surface area contributed by atoms with Gasteiger partial charge < -0.3 is 18.9 Å². The quantitative estimate of drug-likeness (QED) is 0.411. The lowest BCUT2D eigenvalue weighted by Crippen LogP contribution is -2.44. The van der Waals surface area contributed by atoms with Crippen molar-refractivity contribution in [1.82, 2.24) is 5.06 Å². The molecule has 0 saturated carbocycles. The number of methoxy groups -OCH3 is 2. The maximum Gasteiger partial charge on any atom is 0.313 e. The molecule has 2 aromatic rings. The molecule has 8 nitrogen and oxygen atoms in total. The number of esters is 2. The van der Waals surface area contributed by atoms with E-state index in [0.717, 1.165) is 24.0 Å². The van der Waals surface area contributed by atoms with Gasteiger partial charge in [-0.15, -0.1) is 0 Å². The molecule has 0 amide bonds. The number of hydrogen-bond donors (Lipinski definition) is 0. The van der Waals surface area contributed by atoms with Crippen LogP contribution >= 0.6 is 0 Å². The van der Waals surface area contributed by atoms with Crippen molar-refractivity contribution in [3.63, 3.8) is 0 Å². The Morgan fingerprint density at radius 3 is 2.25 bits per heavy atom. The third kappa shape index (κ3) is 6.50. The highest BCUT2D eigenvalue weighted by Gasteiger charge is 2.54. The average molecular weight is 498 g/mol. The van der Waals surface area contributed by atoms with E-state index in [-0.39, 0.29) is 36.5 Å². The molecule has 2 aliphatic rings. The van der Waals surface area contributed by atoms with Gasteiger partial charge in [0.1, 0.15) is 5.92 Å². The zero-order chi connectivity index (χ0) is 25.3. The monoisotopic (exact) mass is 497 g/mol. The molecule has 4 rings (SSSR count). The summed E-state index contributed by atoms with van der Waals surface area (Å²) >= 11 is 0. The lowest BCUT2D eigenvalue weighted by atomic mass is 9.91. The number of nitrogens with zero attached hydrogens (tertiary/aromatic N) is 1. The number of hydrogen-bond acceptors (Lipinski definition) is 8. The number of hydroxylamine groups is 2. The molecule has 2 aromatic carbocycles. The van der Waals surface area contributed by atoms with Crippen molar-refractivity contribution in [1.29, 1.82) is 0 Å². The zero-order valence-electron chi connectivity index (χ0n) is 20.9. The second-order valence-electron chi connectivity index (χ2n) is 9.22. The van der Waals surface area contributed by atoms with E-state index >= 15 is 0 Å². The summed E-state index contributed by atoms with van der Waals surface area (Å²) in [5.41, 5.74) is 2.17. The molecule has 36 heavy (non-hydrogen) atoms. The minimum absolute atomic E-state index is 0.0928. The third-order valence-corrected chi connectivity index (χ3v) is 6.95. The van der Waals surface area contributed by atoms with Gasteiger partial charge in [-0.25, -0.2) is 0 Å². The van der Waals surface area contributed by atoms with Gasteiger partial charge in [-0.1, -0.05) is 60.7 Å². The Balaban J connectivity index is 1.46. The highest BCUT2D eigenvalue weighted by atomic mass is 16.7. The first kappa shape index (κ1) is 26.3. The number of ether oxygens (including phenoxy) is 4. The Morgan fingerprint density at radius 1 is 0.944 bits per heavy atom. The predicted molar refractivity (Wildman–Crippen MR) is 131 cm³/mol. The molecule has 0 aromatic heterocycles. The smallest absolute Gasteiger partial charge is 0.313 e. The van der Waals surface area contributed by atoms with Crippen LogP contribution in [0.3, 0.4) is 0 Å². The largest absolute Gasteiger partial charge is 0.469 e. The minimum Gasteiger partial charge on any atom is -0.469 e. The van der Waals surface area contributed by atoms with Crippen molar-refractivity contribution in [2.24, 2.45) is 5.92 Å². The molecule has 0 bridgehead atoms. The number of carbonyl (C=O) groups excluding carboxylic acids is 2. The van der Waals surface area contributed by atoms with Crippen LogP contribution < -0.4 is 0 Å². The number of rotatable bonds is 12. The summed E-state index contributed by atoms with van der Waals surface area (Å²) in [6.45, 7) is 1.31. The van der Waals surface area contributed by atoms with Crippen molar-refractivity contribution in [2.45, 2.75) is 63.2 Å². The zero-order valence-corrected chi connectivity index (χ0v) is 20.9. The van der Waals surface area contributed by atoms with Gasteiger partial charge in [0.05, 0.1) is 58.3 Å². The van der Waals surface area contributed by atoms with Gasteiger partial charge in [0.2, 0.25) is 0 Å². The summed E-state index contributed by atoms with van der Waals surface area (Å²) in [5.74, 6) is -1.12. The summed E-state index contributed by atoms with van der Waals surface area (Å²) in [6, 6.07) is 19.8. The lowest BCUT2D eigenvalue weighted by Gasteiger charge is -2.30. The highest BCUT2D eigenvalue weighted by Crippen LogP contribution is 2.42. The molecule has 0 aliphatic carbocycles. The lowest BCUT2D eigenvalue weighted by molar-refractivity contribution is -0.206. The second-order valence-corrected chi connectivity index (χ2v) is 9.22. The van der Waals surface area contributed by atoms with E-state index in [2.05, 4.69) is 0 Å².